The summed E-state index contributed by atoms with van der Waals surface area (Å²) in [6.45, 7) is 4.75. The summed E-state index contributed by atoms with van der Waals surface area (Å²) < 4.78 is 10.7. The van der Waals surface area contributed by atoms with Crippen molar-refractivity contribution >= 4 is 28.0 Å². The standard InChI is InChI=1S/C20H30BrNO4/c1-3-11-18(19(23)25-4-2)22(15-10-6-9-14-21)20(24)26-16-17-12-7-5-8-13-17/h5,7-8,12-13,18H,3-4,6,9-11,14-16H2,1-2H3/t18-/m0/s1. The van der Waals surface area contributed by atoms with E-state index < -0.39 is 12.1 Å². The number of alkyl halides is 1. The Hall–Kier alpha value is -1.56. The monoisotopic (exact) mass is 427 g/mol. The molecule has 0 heterocycles. The third kappa shape index (κ3) is 8.21. The van der Waals surface area contributed by atoms with Crippen molar-refractivity contribution in [3.63, 3.8) is 0 Å². The molecule has 0 N–H and O–H groups in total. The molecule has 0 bridgehead atoms. The number of benzene rings is 1. The van der Waals surface area contributed by atoms with E-state index in [1.807, 2.05) is 37.3 Å². The van der Waals surface area contributed by atoms with Crippen LogP contribution in [-0.4, -0.2) is 41.5 Å². The van der Waals surface area contributed by atoms with E-state index in [9.17, 15) is 9.59 Å². The number of carbonyl (C=O) groups excluding carboxylic acids is 2. The van der Waals surface area contributed by atoms with E-state index in [4.69, 9.17) is 9.47 Å². The van der Waals surface area contributed by atoms with Crippen molar-refractivity contribution in [2.24, 2.45) is 0 Å². The molecule has 0 aliphatic heterocycles. The molecule has 0 aliphatic carbocycles. The molecule has 1 atom stereocenters. The first-order chi connectivity index (χ1) is 12.6. The largest absolute Gasteiger partial charge is 0.464 e. The number of esters is 1. The molecule has 6 heteroatoms. The average molecular weight is 428 g/mol. The SMILES string of the molecule is CCC[C@@H](C(=O)OCC)N(CCCCCBr)C(=O)OCc1ccccc1. The highest BCUT2D eigenvalue weighted by Gasteiger charge is 2.31. The van der Waals surface area contributed by atoms with E-state index in [0.29, 0.717) is 19.6 Å². The topological polar surface area (TPSA) is 55.8 Å². The lowest BCUT2D eigenvalue weighted by molar-refractivity contribution is -0.149. The second-order valence-corrected chi connectivity index (χ2v) is 6.83. The van der Waals surface area contributed by atoms with Crippen LogP contribution in [-0.2, 0) is 20.9 Å². The van der Waals surface area contributed by atoms with Gasteiger partial charge in [-0.2, -0.15) is 0 Å². The van der Waals surface area contributed by atoms with Crippen LogP contribution >= 0.6 is 15.9 Å². The Kier molecular flexibility index (Phi) is 11.8. The van der Waals surface area contributed by atoms with Gasteiger partial charge in [-0.25, -0.2) is 9.59 Å². The third-order valence-corrected chi connectivity index (χ3v) is 4.53. The van der Waals surface area contributed by atoms with Crippen LogP contribution in [0.1, 0.15) is 51.5 Å². The molecule has 0 unspecified atom stereocenters. The highest BCUT2D eigenvalue weighted by atomic mass is 79.9. The van der Waals surface area contributed by atoms with Crippen LogP contribution in [0.15, 0.2) is 30.3 Å². The number of carbonyl (C=O) groups is 2. The fraction of sp³-hybridized carbons (Fsp3) is 0.600. The molecular weight excluding hydrogens is 398 g/mol. The Bertz CT molecular complexity index is 524. The van der Waals surface area contributed by atoms with Gasteiger partial charge in [0.25, 0.3) is 0 Å². The molecule has 1 amide bonds. The molecule has 0 aromatic heterocycles. The van der Waals surface area contributed by atoms with Gasteiger partial charge in [-0.3, -0.25) is 4.90 Å². The second-order valence-electron chi connectivity index (χ2n) is 6.04. The fourth-order valence-corrected chi connectivity index (χ4v) is 3.04. The number of ether oxygens (including phenoxy) is 2. The number of unbranched alkanes of at least 4 members (excludes halogenated alkanes) is 2. The van der Waals surface area contributed by atoms with Crippen LogP contribution in [0, 0.1) is 0 Å². The zero-order valence-corrected chi connectivity index (χ0v) is 17.4. The number of amides is 1. The van der Waals surface area contributed by atoms with Crippen LogP contribution < -0.4 is 0 Å². The van der Waals surface area contributed by atoms with Crippen LogP contribution in [0.5, 0.6) is 0 Å². The number of hydrogen-bond donors (Lipinski definition) is 0. The van der Waals surface area contributed by atoms with Crippen molar-refractivity contribution in [1.29, 1.82) is 0 Å². The number of hydrogen-bond acceptors (Lipinski definition) is 4. The Morgan fingerprint density at radius 1 is 1.08 bits per heavy atom. The summed E-state index contributed by atoms with van der Waals surface area (Å²) >= 11 is 3.41. The molecule has 1 aromatic carbocycles. The van der Waals surface area contributed by atoms with E-state index in [1.165, 1.54) is 0 Å². The zero-order valence-electron chi connectivity index (χ0n) is 15.8. The third-order valence-electron chi connectivity index (χ3n) is 3.97. The summed E-state index contributed by atoms with van der Waals surface area (Å²) in [7, 11) is 0. The molecule has 26 heavy (non-hydrogen) atoms. The molecular formula is C20H30BrNO4. The lowest BCUT2D eigenvalue weighted by atomic mass is 10.1. The molecule has 1 aromatic rings. The van der Waals surface area contributed by atoms with Crippen molar-refractivity contribution in [1.82, 2.24) is 4.90 Å². The Balaban J connectivity index is 2.78. The van der Waals surface area contributed by atoms with E-state index in [0.717, 1.165) is 36.6 Å². The normalized spacial score (nSPS) is 11.7. The summed E-state index contributed by atoms with van der Waals surface area (Å²) in [5, 5.41) is 0.932. The Morgan fingerprint density at radius 3 is 2.42 bits per heavy atom. The van der Waals surface area contributed by atoms with Gasteiger partial charge < -0.3 is 9.47 Å². The highest BCUT2D eigenvalue weighted by Crippen LogP contribution is 2.15. The first kappa shape index (κ1) is 22.5. The molecule has 1 rings (SSSR count). The quantitative estimate of drug-likeness (QED) is 0.269. The summed E-state index contributed by atoms with van der Waals surface area (Å²) in [4.78, 5) is 26.6. The molecule has 146 valence electrons. The summed E-state index contributed by atoms with van der Waals surface area (Å²) in [5.41, 5.74) is 0.920. The van der Waals surface area contributed by atoms with Crippen LogP contribution in [0.3, 0.4) is 0 Å². The lowest BCUT2D eigenvalue weighted by Crippen LogP contribution is -2.46. The molecule has 0 spiro atoms. The van der Waals surface area contributed by atoms with Crippen molar-refractivity contribution in [2.45, 2.75) is 58.6 Å². The number of nitrogens with zero attached hydrogens (tertiary/aromatic N) is 1. The first-order valence-electron chi connectivity index (χ1n) is 9.33. The molecule has 0 fully saturated rings. The number of rotatable bonds is 12. The van der Waals surface area contributed by atoms with E-state index in [1.54, 1.807) is 11.8 Å². The van der Waals surface area contributed by atoms with Crippen LogP contribution in [0.4, 0.5) is 4.79 Å². The van der Waals surface area contributed by atoms with E-state index in [2.05, 4.69) is 15.9 Å². The molecule has 0 saturated heterocycles. The molecule has 5 nitrogen and oxygen atoms in total. The molecule has 0 saturated carbocycles. The Morgan fingerprint density at radius 2 is 1.81 bits per heavy atom. The van der Waals surface area contributed by atoms with Gasteiger partial charge in [0.05, 0.1) is 6.61 Å². The van der Waals surface area contributed by atoms with Crippen LogP contribution in [0.2, 0.25) is 0 Å². The lowest BCUT2D eigenvalue weighted by Gasteiger charge is -2.29. The van der Waals surface area contributed by atoms with Gasteiger partial charge in [0.2, 0.25) is 0 Å². The van der Waals surface area contributed by atoms with Crippen LogP contribution in [0.25, 0.3) is 0 Å². The van der Waals surface area contributed by atoms with Crippen molar-refractivity contribution in [3.8, 4) is 0 Å². The second kappa shape index (κ2) is 13.6. The van der Waals surface area contributed by atoms with Gasteiger partial charge in [-0.15, -0.1) is 0 Å². The van der Waals surface area contributed by atoms with Gasteiger partial charge in [0, 0.05) is 11.9 Å². The van der Waals surface area contributed by atoms with Gasteiger partial charge >= 0.3 is 12.1 Å². The maximum absolute atomic E-state index is 12.7. The maximum atomic E-state index is 12.7. The van der Waals surface area contributed by atoms with Gasteiger partial charge in [0.15, 0.2) is 0 Å². The van der Waals surface area contributed by atoms with Gasteiger partial charge in [0.1, 0.15) is 12.6 Å². The minimum Gasteiger partial charge on any atom is -0.464 e. The summed E-state index contributed by atoms with van der Waals surface area (Å²) in [6, 6.07) is 8.94. The smallest absolute Gasteiger partial charge is 0.410 e. The minimum absolute atomic E-state index is 0.194. The Labute approximate surface area is 165 Å². The molecule has 0 aliphatic rings. The van der Waals surface area contributed by atoms with Crippen molar-refractivity contribution in [2.75, 3.05) is 18.5 Å². The number of halogens is 1. The van der Waals surface area contributed by atoms with Crippen molar-refractivity contribution < 1.29 is 19.1 Å². The van der Waals surface area contributed by atoms with E-state index in [-0.39, 0.29) is 12.6 Å². The summed E-state index contributed by atoms with van der Waals surface area (Å²) in [6.07, 6.45) is 3.73. The summed E-state index contributed by atoms with van der Waals surface area (Å²) in [5.74, 6) is -0.355. The van der Waals surface area contributed by atoms with E-state index >= 15 is 0 Å². The zero-order chi connectivity index (χ0) is 19.2. The van der Waals surface area contributed by atoms with Gasteiger partial charge in [-0.1, -0.05) is 66.0 Å². The predicted molar refractivity (Wildman–Crippen MR) is 106 cm³/mol. The molecule has 0 radical (unpaired) electrons. The highest BCUT2D eigenvalue weighted by molar-refractivity contribution is 9.09. The maximum Gasteiger partial charge on any atom is 0.410 e. The minimum atomic E-state index is -0.591. The van der Waals surface area contributed by atoms with Gasteiger partial charge in [-0.05, 0) is 31.7 Å². The fourth-order valence-electron chi connectivity index (χ4n) is 2.64. The van der Waals surface area contributed by atoms with Crippen molar-refractivity contribution in [3.05, 3.63) is 35.9 Å². The predicted octanol–water partition coefficient (Wildman–Crippen LogP) is 4.92. The first-order valence-corrected chi connectivity index (χ1v) is 10.5. The average Bonchev–Trinajstić information content (AvgIpc) is 2.66.